The molecule has 2 aromatic rings. The zero-order chi connectivity index (χ0) is 14.4. The Balaban J connectivity index is 1.85. The number of halogens is 1. The summed E-state index contributed by atoms with van der Waals surface area (Å²) in [7, 11) is 0. The number of carbonyl (C=O) groups excluding carboxylic acids is 2. The highest BCUT2D eigenvalue weighted by Crippen LogP contribution is 2.16. The van der Waals surface area contributed by atoms with Crippen LogP contribution in [0.4, 0.5) is 9.93 Å². The molecule has 0 aliphatic heterocycles. The minimum absolute atomic E-state index is 0.137. The topological polar surface area (TPSA) is 68.3 Å². The Labute approximate surface area is 124 Å². The summed E-state index contributed by atoms with van der Waals surface area (Å²) in [6, 6.07) is 9.32. The molecule has 1 N–H and O–H groups in total. The van der Waals surface area contributed by atoms with Crippen molar-refractivity contribution in [3.05, 3.63) is 47.0 Å². The van der Waals surface area contributed by atoms with E-state index < -0.39 is 6.09 Å². The number of anilines is 1. The van der Waals surface area contributed by atoms with E-state index in [4.69, 9.17) is 16.3 Å². The molecule has 7 heteroatoms. The molecule has 1 heterocycles. The van der Waals surface area contributed by atoms with Gasteiger partial charge in [0.05, 0.1) is 5.88 Å². The van der Waals surface area contributed by atoms with E-state index in [-0.39, 0.29) is 24.0 Å². The predicted molar refractivity (Wildman–Crippen MR) is 77.4 cm³/mol. The predicted octanol–water partition coefficient (Wildman–Crippen LogP) is 3.31. The summed E-state index contributed by atoms with van der Waals surface area (Å²) in [5.74, 6) is -0.421. The molecule has 5 nitrogen and oxygen atoms in total. The molecule has 0 unspecified atom stereocenters. The van der Waals surface area contributed by atoms with Crippen LogP contribution < -0.4 is 5.32 Å². The van der Waals surface area contributed by atoms with Crippen LogP contribution in [-0.2, 0) is 11.3 Å². The van der Waals surface area contributed by atoms with Gasteiger partial charge in [-0.2, -0.15) is 0 Å². The maximum Gasteiger partial charge on any atom is 0.413 e. The van der Waals surface area contributed by atoms with Crippen LogP contribution in [0, 0.1) is 0 Å². The number of alkyl halides is 1. The molecule has 1 amide bonds. The van der Waals surface area contributed by atoms with Crippen molar-refractivity contribution in [1.82, 2.24) is 4.98 Å². The van der Waals surface area contributed by atoms with Crippen LogP contribution in [0.2, 0.25) is 0 Å². The monoisotopic (exact) mass is 310 g/mol. The van der Waals surface area contributed by atoms with Gasteiger partial charge in [0.15, 0.2) is 10.9 Å². The fourth-order valence-corrected chi connectivity index (χ4v) is 2.21. The second kappa shape index (κ2) is 7.02. The molecule has 2 rings (SSSR count). The molecule has 20 heavy (non-hydrogen) atoms. The summed E-state index contributed by atoms with van der Waals surface area (Å²) >= 11 is 6.56. The van der Waals surface area contributed by atoms with Crippen molar-refractivity contribution in [3.8, 4) is 0 Å². The average molecular weight is 311 g/mol. The first kappa shape index (κ1) is 14.5. The Morgan fingerprint density at radius 3 is 2.75 bits per heavy atom. The van der Waals surface area contributed by atoms with Gasteiger partial charge in [0.25, 0.3) is 0 Å². The highest BCUT2D eigenvalue weighted by Gasteiger charge is 2.11. The van der Waals surface area contributed by atoms with Gasteiger partial charge in [-0.05, 0) is 5.56 Å². The molecule has 0 aliphatic carbocycles. The molecule has 104 valence electrons. The van der Waals surface area contributed by atoms with E-state index in [9.17, 15) is 9.59 Å². The molecule has 0 radical (unpaired) electrons. The lowest BCUT2D eigenvalue weighted by molar-refractivity contribution is 0.101. The number of ketones is 1. The van der Waals surface area contributed by atoms with Gasteiger partial charge in [0.1, 0.15) is 12.3 Å². The van der Waals surface area contributed by atoms with E-state index in [1.807, 2.05) is 30.3 Å². The number of aromatic nitrogens is 1. The van der Waals surface area contributed by atoms with Gasteiger partial charge in [-0.25, -0.2) is 9.78 Å². The van der Waals surface area contributed by atoms with Gasteiger partial charge in [-0.3, -0.25) is 10.1 Å². The normalized spacial score (nSPS) is 10.1. The quantitative estimate of drug-likeness (QED) is 0.679. The fourth-order valence-electron chi connectivity index (χ4n) is 1.37. The number of Topliss-reactive ketones (excluding diaryl/α,β-unsaturated/α-hetero) is 1. The van der Waals surface area contributed by atoms with Crippen molar-refractivity contribution >= 4 is 39.9 Å². The Hall–Kier alpha value is -1.92. The zero-order valence-electron chi connectivity index (χ0n) is 10.3. The standard InChI is InChI=1S/C13H11ClN2O3S/c14-6-11(17)10-8-20-12(15-10)16-13(18)19-7-9-4-2-1-3-5-9/h1-5,8H,6-7H2,(H,15,16,18). The Morgan fingerprint density at radius 1 is 1.30 bits per heavy atom. The van der Waals surface area contributed by atoms with E-state index in [1.165, 1.54) is 5.38 Å². The van der Waals surface area contributed by atoms with E-state index in [2.05, 4.69) is 10.3 Å². The molecular weight excluding hydrogens is 300 g/mol. The van der Waals surface area contributed by atoms with Crippen molar-refractivity contribution in [2.24, 2.45) is 0 Å². The average Bonchev–Trinajstić information content (AvgIpc) is 2.94. The summed E-state index contributed by atoms with van der Waals surface area (Å²) in [6.07, 6.45) is -0.618. The lowest BCUT2D eigenvalue weighted by Crippen LogP contribution is -2.13. The minimum Gasteiger partial charge on any atom is -0.444 e. The van der Waals surface area contributed by atoms with Gasteiger partial charge in [0, 0.05) is 5.38 Å². The molecule has 0 saturated carbocycles. The number of amides is 1. The Morgan fingerprint density at radius 2 is 2.05 bits per heavy atom. The largest absolute Gasteiger partial charge is 0.444 e. The number of carbonyl (C=O) groups is 2. The number of nitrogens with one attached hydrogen (secondary N) is 1. The lowest BCUT2D eigenvalue weighted by atomic mass is 10.2. The van der Waals surface area contributed by atoms with Crippen molar-refractivity contribution in [2.45, 2.75) is 6.61 Å². The van der Waals surface area contributed by atoms with Crippen LogP contribution in [0.15, 0.2) is 35.7 Å². The number of thiazole rings is 1. The molecule has 1 aromatic carbocycles. The summed E-state index contributed by atoms with van der Waals surface area (Å²) in [6.45, 7) is 0.172. The molecule has 0 atom stereocenters. The van der Waals surface area contributed by atoms with Crippen LogP contribution in [0.3, 0.4) is 0 Å². The smallest absolute Gasteiger partial charge is 0.413 e. The number of nitrogens with zero attached hydrogens (tertiary/aromatic N) is 1. The second-order valence-corrected chi connectivity index (χ2v) is 4.91. The van der Waals surface area contributed by atoms with Gasteiger partial charge in [-0.15, -0.1) is 22.9 Å². The van der Waals surface area contributed by atoms with Crippen LogP contribution in [-0.4, -0.2) is 22.7 Å². The third-order valence-electron chi connectivity index (χ3n) is 2.33. The second-order valence-electron chi connectivity index (χ2n) is 3.78. The van der Waals surface area contributed by atoms with E-state index in [0.29, 0.717) is 5.13 Å². The van der Waals surface area contributed by atoms with Gasteiger partial charge in [0.2, 0.25) is 0 Å². The molecule has 0 spiro atoms. The molecular formula is C13H11ClN2O3S. The fraction of sp³-hybridized carbons (Fsp3) is 0.154. The third-order valence-corrected chi connectivity index (χ3v) is 3.33. The number of benzene rings is 1. The molecule has 0 fully saturated rings. The highest BCUT2D eigenvalue weighted by atomic mass is 35.5. The zero-order valence-corrected chi connectivity index (χ0v) is 11.9. The van der Waals surface area contributed by atoms with E-state index in [1.54, 1.807) is 0 Å². The summed E-state index contributed by atoms with van der Waals surface area (Å²) in [4.78, 5) is 26.8. The lowest BCUT2D eigenvalue weighted by Gasteiger charge is -2.04. The Bertz CT molecular complexity index is 601. The summed E-state index contributed by atoms with van der Waals surface area (Å²) in [5.41, 5.74) is 1.13. The molecule has 0 saturated heterocycles. The number of rotatable bonds is 5. The number of hydrogen-bond donors (Lipinski definition) is 1. The maximum atomic E-state index is 11.6. The van der Waals surface area contributed by atoms with Crippen LogP contribution in [0.5, 0.6) is 0 Å². The molecule has 0 aliphatic rings. The number of hydrogen-bond acceptors (Lipinski definition) is 5. The van der Waals surface area contributed by atoms with Crippen molar-refractivity contribution in [3.63, 3.8) is 0 Å². The Kier molecular flexibility index (Phi) is 5.09. The van der Waals surface area contributed by atoms with E-state index >= 15 is 0 Å². The van der Waals surface area contributed by atoms with Gasteiger partial charge in [-0.1, -0.05) is 30.3 Å². The first-order valence-electron chi connectivity index (χ1n) is 5.71. The molecule has 0 bridgehead atoms. The van der Waals surface area contributed by atoms with Crippen molar-refractivity contribution in [2.75, 3.05) is 11.2 Å². The van der Waals surface area contributed by atoms with Crippen molar-refractivity contribution in [1.29, 1.82) is 0 Å². The van der Waals surface area contributed by atoms with E-state index in [0.717, 1.165) is 16.9 Å². The van der Waals surface area contributed by atoms with Crippen LogP contribution >= 0.6 is 22.9 Å². The minimum atomic E-state index is -0.618. The number of ether oxygens (including phenoxy) is 1. The van der Waals surface area contributed by atoms with Gasteiger partial charge < -0.3 is 4.74 Å². The van der Waals surface area contributed by atoms with Crippen LogP contribution in [0.1, 0.15) is 16.1 Å². The van der Waals surface area contributed by atoms with Crippen LogP contribution in [0.25, 0.3) is 0 Å². The first-order valence-corrected chi connectivity index (χ1v) is 7.13. The van der Waals surface area contributed by atoms with Gasteiger partial charge >= 0.3 is 6.09 Å². The maximum absolute atomic E-state index is 11.6. The highest BCUT2D eigenvalue weighted by molar-refractivity contribution is 7.14. The summed E-state index contributed by atoms with van der Waals surface area (Å²) in [5, 5.41) is 4.30. The SMILES string of the molecule is O=C(Nc1nc(C(=O)CCl)cs1)OCc1ccccc1. The first-order chi connectivity index (χ1) is 9.69. The third kappa shape index (κ3) is 4.04. The summed E-state index contributed by atoms with van der Waals surface area (Å²) < 4.78 is 5.03. The molecule has 1 aromatic heterocycles. The van der Waals surface area contributed by atoms with Crippen molar-refractivity contribution < 1.29 is 14.3 Å².